The molecule has 170 valence electrons. The molecule has 1 amide bonds. The Morgan fingerprint density at radius 2 is 1.61 bits per heavy atom. The lowest BCUT2D eigenvalue weighted by molar-refractivity contribution is -0.127. The van der Waals surface area contributed by atoms with Crippen LogP contribution < -0.4 is 24.8 Å². The second-order valence-corrected chi connectivity index (χ2v) is 6.65. The number of ether oxygens (including phenoxy) is 3. The Morgan fingerprint density at radius 1 is 1.00 bits per heavy atom. The Hall–Kier alpha value is -2.69. The van der Waals surface area contributed by atoms with Crippen molar-refractivity contribution in [3.63, 3.8) is 0 Å². The number of hydrogen-bond acceptors (Lipinski definition) is 5. The molecule has 9 heteroatoms. The van der Waals surface area contributed by atoms with Gasteiger partial charge in [-0.2, -0.15) is 0 Å². The highest BCUT2D eigenvalue weighted by Crippen LogP contribution is 2.39. The van der Waals surface area contributed by atoms with Crippen LogP contribution >= 0.6 is 24.0 Å². The van der Waals surface area contributed by atoms with E-state index in [0.29, 0.717) is 35.4 Å². The highest BCUT2D eigenvalue weighted by molar-refractivity contribution is 14.0. The third-order valence-corrected chi connectivity index (χ3v) is 4.35. The van der Waals surface area contributed by atoms with Gasteiger partial charge in [-0.05, 0) is 12.0 Å². The lowest BCUT2D eigenvalue weighted by Crippen LogP contribution is -2.34. The summed E-state index contributed by atoms with van der Waals surface area (Å²) in [5.41, 5.74) is 1.90. The van der Waals surface area contributed by atoms with Crippen LogP contribution in [0, 0.1) is 0 Å². The summed E-state index contributed by atoms with van der Waals surface area (Å²) in [5, 5.41) is 6.48. The molecular weight excluding hydrogens is 511 g/mol. The molecule has 0 spiro atoms. The zero-order chi connectivity index (χ0) is 21.9. The molecule has 31 heavy (non-hydrogen) atoms. The second kappa shape index (κ2) is 13.6. The first-order valence-electron chi connectivity index (χ1n) is 9.58. The number of methoxy groups -OCH3 is 3. The standard InChI is InChI=1S/C22H30N4O4.HI/c1-26(2)20(27)15-24-22(23-12-11-16-9-7-6-8-10-16)25-17-13-18(28-3)21(30-5)19(14-17)29-4;/h6-10,13-14H,11-12,15H2,1-5H3,(H2,23,24,25);1H. The van der Waals surface area contributed by atoms with E-state index in [-0.39, 0.29) is 36.4 Å². The number of benzene rings is 2. The van der Waals surface area contributed by atoms with Crippen molar-refractivity contribution in [1.82, 2.24) is 10.2 Å². The van der Waals surface area contributed by atoms with Crippen molar-refractivity contribution in [1.29, 1.82) is 0 Å². The number of hydrogen-bond donors (Lipinski definition) is 2. The van der Waals surface area contributed by atoms with Gasteiger partial charge < -0.3 is 29.7 Å². The van der Waals surface area contributed by atoms with Gasteiger partial charge in [-0.25, -0.2) is 4.99 Å². The van der Waals surface area contributed by atoms with Gasteiger partial charge in [0.15, 0.2) is 17.5 Å². The molecule has 0 bridgehead atoms. The number of aliphatic imine (C=N–C) groups is 1. The first-order chi connectivity index (χ1) is 14.5. The molecule has 2 rings (SSSR count). The van der Waals surface area contributed by atoms with Crippen molar-refractivity contribution < 1.29 is 19.0 Å². The number of carbonyl (C=O) groups is 1. The van der Waals surface area contributed by atoms with E-state index in [0.717, 1.165) is 6.42 Å². The van der Waals surface area contributed by atoms with E-state index in [1.54, 1.807) is 47.6 Å². The second-order valence-electron chi connectivity index (χ2n) is 6.65. The van der Waals surface area contributed by atoms with Crippen molar-refractivity contribution in [2.24, 2.45) is 4.99 Å². The Kier molecular flexibility index (Phi) is 11.5. The van der Waals surface area contributed by atoms with E-state index in [2.05, 4.69) is 27.8 Å². The summed E-state index contributed by atoms with van der Waals surface area (Å²) in [7, 11) is 8.08. The molecular formula is C22H31IN4O4. The average Bonchev–Trinajstić information content (AvgIpc) is 2.76. The van der Waals surface area contributed by atoms with E-state index < -0.39 is 0 Å². The van der Waals surface area contributed by atoms with Crippen LogP contribution in [0.2, 0.25) is 0 Å². The molecule has 0 radical (unpaired) electrons. The van der Waals surface area contributed by atoms with Gasteiger partial charge in [0, 0.05) is 38.5 Å². The van der Waals surface area contributed by atoms with Crippen LogP contribution in [0.1, 0.15) is 5.56 Å². The number of likely N-dealkylation sites (N-methyl/N-ethyl adjacent to an activating group) is 1. The van der Waals surface area contributed by atoms with Gasteiger partial charge in [0.25, 0.3) is 0 Å². The fourth-order valence-corrected chi connectivity index (χ4v) is 2.69. The molecule has 0 aromatic heterocycles. The molecule has 0 atom stereocenters. The maximum atomic E-state index is 12.0. The van der Waals surface area contributed by atoms with Gasteiger partial charge in [-0.15, -0.1) is 24.0 Å². The zero-order valence-electron chi connectivity index (χ0n) is 18.6. The SMILES string of the molecule is COc1cc(NC(=NCC(=O)N(C)C)NCCc2ccccc2)cc(OC)c1OC.I. The molecule has 8 nitrogen and oxygen atoms in total. The predicted molar refractivity (Wildman–Crippen MR) is 134 cm³/mol. The number of guanidine groups is 1. The van der Waals surface area contributed by atoms with E-state index >= 15 is 0 Å². The van der Waals surface area contributed by atoms with Crippen LogP contribution in [0.15, 0.2) is 47.5 Å². The fraction of sp³-hybridized carbons (Fsp3) is 0.364. The van der Waals surface area contributed by atoms with Crippen molar-refractivity contribution >= 4 is 41.5 Å². The molecule has 2 aromatic carbocycles. The molecule has 0 saturated carbocycles. The Labute approximate surface area is 201 Å². The van der Waals surface area contributed by atoms with Crippen molar-refractivity contribution in [2.45, 2.75) is 6.42 Å². The largest absolute Gasteiger partial charge is 0.493 e. The van der Waals surface area contributed by atoms with Gasteiger partial charge in [-0.3, -0.25) is 4.79 Å². The van der Waals surface area contributed by atoms with Crippen LogP contribution in [0.3, 0.4) is 0 Å². The maximum Gasteiger partial charge on any atom is 0.243 e. The number of carbonyl (C=O) groups excluding carboxylic acids is 1. The summed E-state index contributed by atoms with van der Waals surface area (Å²) < 4.78 is 16.2. The minimum atomic E-state index is -0.0935. The van der Waals surface area contributed by atoms with Gasteiger partial charge in [0.05, 0.1) is 21.3 Å². The number of rotatable bonds is 9. The van der Waals surface area contributed by atoms with Crippen LogP contribution in [-0.4, -0.2) is 65.3 Å². The topological polar surface area (TPSA) is 84.4 Å². The first-order valence-corrected chi connectivity index (χ1v) is 9.58. The zero-order valence-corrected chi connectivity index (χ0v) is 20.9. The minimum absolute atomic E-state index is 0. The van der Waals surface area contributed by atoms with Crippen LogP contribution in [-0.2, 0) is 11.2 Å². The van der Waals surface area contributed by atoms with Gasteiger partial charge >= 0.3 is 0 Å². The Morgan fingerprint density at radius 3 is 2.13 bits per heavy atom. The lowest BCUT2D eigenvalue weighted by atomic mass is 10.1. The maximum absolute atomic E-state index is 12.0. The van der Waals surface area contributed by atoms with Gasteiger partial charge in [-0.1, -0.05) is 30.3 Å². The third-order valence-electron chi connectivity index (χ3n) is 4.35. The van der Waals surface area contributed by atoms with Crippen LogP contribution in [0.25, 0.3) is 0 Å². The molecule has 2 N–H and O–H groups in total. The number of nitrogens with zero attached hydrogens (tertiary/aromatic N) is 2. The molecule has 0 aliphatic rings. The molecule has 2 aromatic rings. The summed E-state index contributed by atoms with van der Waals surface area (Å²) in [6, 6.07) is 13.7. The average molecular weight is 542 g/mol. The highest BCUT2D eigenvalue weighted by atomic mass is 127. The quantitative estimate of drug-likeness (QED) is 0.288. The van der Waals surface area contributed by atoms with E-state index in [9.17, 15) is 4.79 Å². The number of anilines is 1. The third kappa shape index (κ3) is 8.16. The summed E-state index contributed by atoms with van der Waals surface area (Å²) in [6.07, 6.45) is 0.818. The summed E-state index contributed by atoms with van der Waals surface area (Å²) >= 11 is 0. The number of nitrogens with one attached hydrogen (secondary N) is 2. The normalized spacial score (nSPS) is 10.5. The molecule has 0 aliphatic heterocycles. The van der Waals surface area contributed by atoms with E-state index in [1.807, 2.05) is 18.2 Å². The summed E-state index contributed by atoms with van der Waals surface area (Å²) in [6.45, 7) is 0.675. The van der Waals surface area contributed by atoms with Gasteiger partial charge in [0.1, 0.15) is 6.54 Å². The molecule has 0 unspecified atom stereocenters. The van der Waals surface area contributed by atoms with Crippen molar-refractivity contribution in [2.75, 3.05) is 53.8 Å². The Balaban J connectivity index is 0.00000480. The number of amides is 1. The fourth-order valence-electron chi connectivity index (χ4n) is 2.69. The molecule has 0 aliphatic carbocycles. The molecule has 0 heterocycles. The predicted octanol–water partition coefficient (Wildman–Crippen LogP) is 3.02. The summed E-state index contributed by atoms with van der Waals surface area (Å²) in [5.74, 6) is 1.93. The minimum Gasteiger partial charge on any atom is -0.493 e. The first kappa shape index (κ1) is 26.3. The van der Waals surface area contributed by atoms with E-state index in [1.165, 1.54) is 10.5 Å². The highest BCUT2D eigenvalue weighted by Gasteiger charge is 2.14. The molecule has 0 saturated heterocycles. The van der Waals surface area contributed by atoms with Crippen LogP contribution in [0.4, 0.5) is 5.69 Å². The van der Waals surface area contributed by atoms with Gasteiger partial charge in [0.2, 0.25) is 11.7 Å². The summed E-state index contributed by atoms with van der Waals surface area (Å²) in [4.78, 5) is 17.9. The van der Waals surface area contributed by atoms with E-state index in [4.69, 9.17) is 14.2 Å². The van der Waals surface area contributed by atoms with Crippen molar-refractivity contribution in [3.05, 3.63) is 48.0 Å². The van der Waals surface area contributed by atoms with Crippen LogP contribution in [0.5, 0.6) is 17.2 Å². The lowest BCUT2D eigenvalue weighted by Gasteiger charge is -2.17. The monoisotopic (exact) mass is 542 g/mol. The molecule has 0 fully saturated rings. The smallest absolute Gasteiger partial charge is 0.243 e. The van der Waals surface area contributed by atoms with Crippen molar-refractivity contribution in [3.8, 4) is 17.2 Å². The Bertz CT molecular complexity index is 835. The number of halogens is 1.